The van der Waals surface area contributed by atoms with Crippen molar-refractivity contribution in [3.8, 4) is 6.07 Å². The highest BCUT2D eigenvalue weighted by Gasteiger charge is 2.05. The lowest BCUT2D eigenvalue weighted by Crippen LogP contribution is -1.97. The van der Waals surface area contributed by atoms with Crippen LogP contribution < -0.4 is 5.32 Å². The molecule has 0 aliphatic carbocycles. The first-order valence-corrected chi connectivity index (χ1v) is 6.58. The molecule has 0 spiro atoms. The highest BCUT2D eigenvalue weighted by Crippen LogP contribution is 2.26. The number of nitrogens with zero attached hydrogens (tertiary/aromatic N) is 1. The fraction of sp³-hybridized carbons (Fsp3) is 0.133. The van der Waals surface area contributed by atoms with Crippen LogP contribution >= 0.6 is 15.9 Å². The van der Waals surface area contributed by atoms with Crippen molar-refractivity contribution in [3.63, 3.8) is 0 Å². The molecular weight excluding hydrogens is 288 g/mol. The zero-order chi connectivity index (χ0) is 13.0. The second-order valence-electron chi connectivity index (χ2n) is 3.94. The molecular formula is C15H13BrN2. The topological polar surface area (TPSA) is 35.8 Å². The van der Waals surface area contributed by atoms with Gasteiger partial charge in [0, 0.05) is 10.2 Å². The van der Waals surface area contributed by atoms with E-state index in [1.807, 2.05) is 36.4 Å². The van der Waals surface area contributed by atoms with Crippen molar-refractivity contribution in [2.45, 2.75) is 13.3 Å². The molecule has 0 saturated carbocycles. The molecule has 0 aliphatic heterocycles. The molecule has 0 atom stereocenters. The van der Waals surface area contributed by atoms with Gasteiger partial charge in [-0.1, -0.05) is 35.0 Å². The van der Waals surface area contributed by atoms with Crippen LogP contribution in [0.1, 0.15) is 18.1 Å². The molecule has 2 nitrogen and oxygen atoms in total. The standard InChI is InChI=1S/C15H13BrN2/c1-2-11-9-13(16)7-8-15(11)18-14-6-4-3-5-12(14)10-17/h3-9,18H,2H2,1H3. The number of benzene rings is 2. The number of hydrogen-bond acceptors (Lipinski definition) is 2. The smallest absolute Gasteiger partial charge is 0.101 e. The molecule has 3 heteroatoms. The van der Waals surface area contributed by atoms with Gasteiger partial charge in [0.2, 0.25) is 0 Å². The van der Waals surface area contributed by atoms with Gasteiger partial charge in [0.05, 0.1) is 11.3 Å². The van der Waals surface area contributed by atoms with Crippen molar-refractivity contribution in [2.75, 3.05) is 5.32 Å². The van der Waals surface area contributed by atoms with Crippen LogP contribution in [0.2, 0.25) is 0 Å². The molecule has 0 heterocycles. The minimum Gasteiger partial charge on any atom is -0.354 e. The quantitative estimate of drug-likeness (QED) is 0.897. The van der Waals surface area contributed by atoms with Crippen LogP contribution in [0.25, 0.3) is 0 Å². The number of para-hydroxylation sites is 1. The average molecular weight is 301 g/mol. The molecule has 0 amide bonds. The molecule has 90 valence electrons. The number of hydrogen-bond donors (Lipinski definition) is 1. The summed E-state index contributed by atoms with van der Waals surface area (Å²) in [4.78, 5) is 0. The van der Waals surface area contributed by atoms with Gasteiger partial charge in [-0.3, -0.25) is 0 Å². The zero-order valence-corrected chi connectivity index (χ0v) is 11.7. The van der Waals surface area contributed by atoms with E-state index in [0.717, 1.165) is 22.3 Å². The third-order valence-corrected chi connectivity index (χ3v) is 3.26. The van der Waals surface area contributed by atoms with E-state index in [1.165, 1.54) is 5.56 Å². The number of aryl methyl sites for hydroxylation is 1. The molecule has 0 unspecified atom stereocenters. The largest absolute Gasteiger partial charge is 0.354 e. The first-order chi connectivity index (χ1) is 8.74. The van der Waals surface area contributed by atoms with Crippen LogP contribution in [0.4, 0.5) is 11.4 Å². The van der Waals surface area contributed by atoms with E-state index in [2.05, 4.69) is 40.3 Å². The zero-order valence-electron chi connectivity index (χ0n) is 10.1. The molecule has 0 bridgehead atoms. The van der Waals surface area contributed by atoms with Crippen LogP contribution in [0.5, 0.6) is 0 Å². The fourth-order valence-electron chi connectivity index (χ4n) is 1.81. The number of nitriles is 1. The van der Waals surface area contributed by atoms with E-state index in [-0.39, 0.29) is 0 Å². The second kappa shape index (κ2) is 5.70. The van der Waals surface area contributed by atoms with Gasteiger partial charge in [-0.2, -0.15) is 5.26 Å². The normalized spacial score (nSPS) is 9.83. The number of anilines is 2. The van der Waals surface area contributed by atoms with Gasteiger partial charge in [-0.25, -0.2) is 0 Å². The summed E-state index contributed by atoms with van der Waals surface area (Å²) in [5.74, 6) is 0. The first-order valence-electron chi connectivity index (χ1n) is 5.79. The van der Waals surface area contributed by atoms with Crippen molar-refractivity contribution in [1.29, 1.82) is 5.26 Å². The Morgan fingerprint density at radius 1 is 1.17 bits per heavy atom. The molecule has 2 aromatic rings. The molecule has 0 aliphatic rings. The lowest BCUT2D eigenvalue weighted by Gasteiger charge is -2.12. The highest BCUT2D eigenvalue weighted by molar-refractivity contribution is 9.10. The molecule has 2 rings (SSSR count). The van der Waals surface area contributed by atoms with Gasteiger partial charge in [-0.15, -0.1) is 0 Å². The van der Waals surface area contributed by atoms with Crippen molar-refractivity contribution in [2.24, 2.45) is 0 Å². The number of nitrogens with one attached hydrogen (secondary N) is 1. The van der Waals surface area contributed by atoms with Crippen LogP contribution in [-0.2, 0) is 6.42 Å². The van der Waals surface area contributed by atoms with Crippen LogP contribution in [-0.4, -0.2) is 0 Å². The number of rotatable bonds is 3. The SMILES string of the molecule is CCc1cc(Br)ccc1Nc1ccccc1C#N. The van der Waals surface area contributed by atoms with Gasteiger partial charge in [-0.05, 0) is 42.3 Å². The van der Waals surface area contributed by atoms with Crippen molar-refractivity contribution >= 4 is 27.3 Å². The minimum absolute atomic E-state index is 0.655. The molecule has 18 heavy (non-hydrogen) atoms. The Balaban J connectivity index is 2.37. The summed E-state index contributed by atoms with van der Waals surface area (Å²) in [6, 6.07) is 15.8. The van der Waals surface area contributed by atoms with Crippen molar-refractivity contribution in [1.82, 2.24) is 0 Å². The van der Waals surface area contributed by atoms with Crippen LogP contribution in [0, 0.1) is 11.3 Å². The minimum atomic E-state index is 0.655. The van der Waals surface area contributed by atoms with E-state index in [4.69, 9.17) is 5.26 Å². The van der Waals surface area contributed by atoms with E-state index < -0.39 is 0 Å². The summed E-state index contributed by atoms with van der Waals surface area (Å²) < 4.78 is 1.07. The van der Waals surface area contributed by atoms with Crippen LogP contribution in [0.3, 0.4) is 0 Å². The Kier molecular flexibility index (Phi) is 4.01. The van der Waals surface area contributed by atoms with E-state index in [0.29, 0.717) is 5.56 Å². The maximum absolute atomic E-state index is 9.07. The lowest BCUT2D eigenvalue weighted by molar-refractivity contribution is 1.14. The van der Waals surface area contributed by atoms with Gasteiger partial charge >= 0.3 is 0 Å². The number of halogens is 1. The second-order valence-corrected chi connectivity index (χ2v) is 4.85. The molecule has 0 radical (unpaired) electrons. The third kappa shape index (κ3) is 2.72. The predicted molar refractivity (Wildman–Crippen MR) is 78.0 cm³/mol. The van der Waals surface area contributed by atoms with Gasteiger partial charge in [0.25, 0.3) is 0 Å². The molecule has 0 saturated heterocycles. The Morgan fingerprint density at radius 3 is 2.67 bits per heavy atom. The third-order valence-electron chi connectivity index (χ3n) is 2.77. The fourth-order valence-corrected chi connectivity index (χ4v) is 2.22. The Bertz CT molecular complexity index is 600. The summed E-state index contributed by atoms with van der Waals surface area (Å²) >= 11 is 3.47. The monoisotopic (exact) mass is 300 g/mol. The van der Waals surface area contributed by atoms with Crippen LogP contribution in [0.15, 0.2) is 46.9 Å². The molecule has 1 N–H and O–H groups in total. The Morgan fingerprint density at radius 2 is 1.94 bits per heavy atom. The molecule has 0 aromatic heterocycles. The lowest BCUT2D eigenvalue weighted by atomic mass is 10.1. The summed E-state index contributed by atoms with van der Waals surface area (Å²) in [6.45, 7) is 2.11. The van der Waals surface area contributed by atoms with Crippen molar-refractivity contribution < 1.29 is 0 Å². The maximum Gasteiger partial charge on any atom is 0.101 e. The predicted octanol–water partition coefficient (Wildman–Crippen LogP) is 4.63. The van der Waals surface area contributed by atoms with Gasteiger partial charge < -0.3 is 5.32 Å². The van der Waals surface area contributed by atoms with Gasteiger partial charge in [0.1, 0.15) is 6.07 Å². The highest BCUT2D eigenvalue weighted by atomic mass is 79.9. The summed E-state index contributed by atoms with van der Waals surface area (Å²) in [5.41, 5.74) is 3.76. The molecule has 2 aromatic carbocycles. The Labute approximate surface area is 115 Å². The maximum atomic E-state index is 9.07. The molecule has 0 fully saturated rings. The van der Waals surface area contributed by atoms with E-state index >= 15 is 0 Å². The summed E-state index contributed by atoms with van der Waals surface area (Å²) in [7, 11) is 0. The first kappa shape index (κ1) is 12.7. The van der Waals surface area contributed by atoms with Gasteiger partial charge in [0.15, 0.2) is 0 Å². The Hall–Kier alpha value is -1.79. The summed E-state index contributed by atoms with van der Waals surface area (Å²) in [5, 5.41) is 12.4. The van der Waals surface area contributed by atoms with E-state index in [9.17, 15) is 0 Å². The van der Waals surface area contributed by atoms with Crippen molar-refractivity contribution in [3.05, 3.63) is 58.1 Å². The van der Waals surface area contributed by atoms with E-state index in [1.54, 1.807) is 0 Å². The summed E-state index contributed by atoms with van der Waals surface area (Å²) in [6.07, 6.45) is 0.941. The average Bonchev–Trinajstić information content (AvgIpc) is 2.41.